The molecule has 1 saturated heterocycles. The van der Waals surface area contributed by atoms with Crippen LogP contribution in [0.5, 0.6) is 0 Å². The molecule has 1 amide bonds. The second kappa shape index (κ2) is 3.84. The Bertz CT molecular complexity index is 308. The lowest BCUT2D eigenvalue weighted by Crippen LogP contribution is -2.46. The Morgan fingerprint density at radius 3 is 3.14 bits per heavy atom. The molecule has 0 aliphatic carbocycles. The number of furan rings is 1. The molecule has 1 aromatic rings. The third-order valence-corrected chi connectivity index (χ3v) is 2.69. The van der Waals surface area contributed by atoms with Crippen LogP contribution in [0.15, 0.2) is 22.8 Å². The van der Waals surface area contributed by atoms with Crippen molar-refractivity contribution >= 4 is 5.91 Å². The minimum Gasteiger partial charge on any atom is -0.469 e. The standard InChI is InChI=1S/C10H14N2O2/c11-10(13)8-6-7(3-4-12-8)9-2-1-5-14-9/h1-2,5,7-8,12H,3-4,6H2,(H2,11,13). The molecule has 3 N–H and O–H groups in total. The molecule has 2 rings (SSSR count). The number of primary amides is 1. The SMILES string of the molecule is NC(=O)C1CC(c2ccco2)CCN1. The second-order valence-corrected chi connectivity index (χ2v) is 3.65. The molecule has 0 aromatic carbocycles. The molecule has 14 heavy (non-hydrogen) atoms. The zero-order valence-electron chi connectivity index (χ0n) is 7.90. The number of carbonyl (C=O) groups is 1. The Hall–Kier alpha value is -1.29. The normalized spacial score (nSPS) is 27.4. The molecule has 76 valence electrons. The van der Waals surface area contributed by atoms with Crippen molar-refractivity contribution < 1.29 is 9.21 Å². The summed E-state index contributed by atoms with van der Waals surface area (Å²) in [7, 11) is 0. The van der Waals surface area contributed by atoms with Gasteiger partial charge < -0.3 is 15.5 Å². The van der Waals surface area contributed by atoms with Crippen molar-refractivity contribution in [1.82, 2.24) is 5.32 Å². The summed E-state index contributed by atoms with van der Waals surface area (Å²) < 4.78 is 5.32. The molecule has 0 saturated carbocycles. The van der Waals surface area contributed by atoms with Crippen LogP contribution in [-0.2, 0) is 4.79 Å². The van der Waals surface area contributed by atoms with E-state index in [0.29, 0.717) is 5.92 Å². The van der Waals surface area contributed by atoms with Crippen molar-refractivity contribution in [2.45, 2.75) is 24.8 Å². The summed E-state index contributed by atoms with van der Waals surface area (Å²) in [6.07, 6.45) is 3.40. The van der Waals surface area contributed by atoms with E-state index in [1.807, 2.05) is 12.1 Å². The van der Waals surface area contributed by atoms with Gasteiger partial charge in [-0.3, -0.25) is 4.79 Å². The zero-order chi connectivity index (χ0) is 9.97. The van der Waals surface area contributed by atoms with Crippen molar-refractivity contribution in [3.63, 3.8) is 0 Å². The predicted octanol–water partition coefficient (Wildman–Crippen LogP) is 0.601. The maximum atomic E-state index is 11.0. The number of hydrogen-bond donors (Lipinski definition) is 2. The van der Waals surface area contributed by atoms with E-state index in [1.54, 1.807) is 6.26 Å². The van der Waals surface area contributed by atoms with Gasteiger partial charge in [0.2, 0.25) is 5.91 Å². The fourth-order valence-electron chi connectivity index (χ4n) is 1.92. The predicted molar refractivity (Wildman–Crippen MR) is 51.7 cm³/mol. The van der Waals surface area contributed by atoms with Gasteiger partial charge in [-0.05, 0) is 31.5 Å². The third-order valence-electron chi connectivity index (χ3n) is 2.69. The summed E-state index contributed by atoms with van der Waals surface area (Å²) in [6, 6.07) is 3.61. The third kappa shape index (κ3) is 1.80. The first-order valence-electron chi connectivity index (χ1n) is 4.83. The smallest absolute Gasteiger partial charge is 0.234 e. The Morgan fingerprint density at radius 2 is 2.50 bits per heavy atom. The number of hydrogen-bond acceptors (Lipinski definition) is 3. The van der Waals surface area contributed by atoms with Crippen LogP contribution in [0.25, 0.3) is 0 Å². The van der Waals surface area contributed by atoms with Crippen molar-refractivity contribution in [2.75, 3.05) is 6.54 Å². The maximum absolute atomic E-state index is 11.0. The monoisotopic (exact) mass is 194 g/mol. The van der Waals surface area contributed by atoms with E-state index in [-0.39, 0.29) is 11.9 Å². The zero-order valence-corrected chi connectivity index (χ0v) is 7.90. The van der Waals surface area contributed by atoms with Gasteiger partial charge >= 0.3 is 0 Å². The molecule has 1 aromatic heterocycles. The Labute approximate surface area is 82.5 Å². The van der Waals surface area contributed by atoms with Crippen LogP contribution in [0.4, 0.5) is 0 Å². The fraction of sp³-hybridized carbons (Fsp3) is 0.500. The molecule has 2 heterocycles. The number of piperidine rings is 1. The summed E-state index contributed by atoms with van der Waals surface area (Å²) >= 11 is 0. The van der Waals surface area contributed by atoms with Crippen molar-refractivity contribution in [1.29, 1.82) is 0 Å². The molecular formula is C10H14N2O2. The summed E-state index contributed by atoms with van der Waals surface area (Å²) in [5, 5.41) is 3.09. The van der Waals surface area contributed by atoms with Crippen LogP contribution < -0.4 is 11.1 Å². The van der Waals surface area contributed by atoms with E-state index >= 15 is 0 Å². The molecule has 0 spiro atoms. The molecule has 2 unspecified atom stereocenters. The van der Waals surface area contributed by atoms with E-state index in [2.05, 4.69) is 5.32 Å². The Balaban J connectivity index is 2.04. The lowest BCUT2D eigenvalue weighted by molar-refractivity contribution is -0.120. The van der Waals surface area contributed by atoms with E-state index in [4.69, 9.17) is 10.2 Å². The first-order valence-corrected chi connectivity index (χ1v) is 4.83. The van der Waals surface area contributed by atoms with Crippen LogP contribution in [0.2, 0.25) is 0 Å². The van der Waals surface area contributed by atoms with E-state index in [9.17, 15) is 4.79 Å². The summed E-state index contributed by atoms with van der Waals surface area (Å²) in [5.41, 5.74) is 5.25. The average molecular weight is 194 g/mol. The van der Waals surface area contributed by atoms with Gasteiger partial charge in [-0.1, -0.05) is 0 Å². The quantitative estimate of drug-likeness (QED) is 0.724. The molecule has 1 aliphatic heterocycles. The van der Waals surface area contributed by atoms with Crippen LogP contribution in [-0.4, -0.2) is 18.5 Å². The van der Waals surface area contributed by atoms with Gasteiger partial charge in [-0.15, -0.1) is 0 Å². The molecule has 0 radical (unpaired) electrons. The molecule has 2 atom stereocenters. The molecule has 0 bridgehead atoms. The number of nitrogens with one attached hydrogen (secondary N) is 1. The minimum absolute atomic E-state index is 0.209. The van der Waals surface area contributed by atoms with Crippen molar-refractivity contribution in [3.05, 3.63) is 24.2 Å². The molecular weight excluding hydrogens is 180 g/mol. The molecule has 4 heteroatoms. The van der Waals surface area contributed by atoms with Gasteiger partial charge in [0.1, 0.15) is 5.76 Å². The van der Waals surface area contributed by atoms with Crippen molar-refractivity contribution in [3.8, 4) is 0 Å². The lowest BCUT2D eigenvalue weighted by atomic mass is 9.90. The summed E-state index contributed by atoms with van der Waals surface area (Å²) in [6.45, 7) is 0.818. The summed E-state index contributed by atoms with van der Waals surface area (Å²) in [5.74, 6) is 1.00. The highest BCUT2D eigenvalue weighted by Crippen LogP contribution is 2.27. The highest BCUT2D eigenvalue weighted by Gasteiger charge is 2.27. The number of rotatable bonds is 2. The number of nitrogens with two attached hydrogens (primary N) is 1. The Morgan fingerprint density at radius 1 is 1.64 bits per heavy atom. The van der Waals surface area contributed by atoms with E-state index < -0.39 is 0 Å². The van der Waals surface area contributed by atoms with Crippen LogP contribution in [0.3, 0.4) is 0 Å². The van der Waals surface area contributed by atoms with Gasteiger partial charge in [0, 0.05) is 5.92 Å². The first kappa shape index (κ1) is 9.27. The second-order valence-electron chi connectivity index (χ2n) is 3.65. The van der Waals surface area contributed by atoms with E-state index in [0.717, 1.165) is 25.1 Å². The molecule has 1 fully saturated rings. The average Bonchev–Trinajstić information content (AvgIpc) is 2.71. The largest absolute Gasteiger partial charge is 0.469 e. The lowest BCUT2D eigenvalue weighted by Gasteiger charge is -2.26. The van der Waals surface area contributed by atoms with Gasteiger partial charge in [-0.25, -0.2) is 0 Å². The minimum atomic E-state index is -0.277. The highest BCUT2D eigenvalue weighted by atomic mass is 16.3. The highest BCUT2D eigenvalue weighted by molar-refractivity contribution is 5.80. The maximum Gasteiger partial charge on any atom is 0.234 e. The molecule has 1 aliphatic rings. The van der Waals surface area contributed by atoms with Gasteiger partial charge in [0.05, 0.1) is 12.3 Å². The van der Waals surface area contributed by atoms with Crippen LogP contribution >= 0.6 is 0 Å². The van der Waals surface area contributed by atoms with Crippen LogP contribution in [0, 0.1) is 0 Å². The summed E-state index contributed by atoms with van der Waals surface area (Å²) in [4.78, 5) is 11.0. The van der Waals surface area contributed by atoms with Gasteiger partial charge in [0.15, 0.2) is 0 Å². The van der Waals surface area contributed by atoms with Crippen LogP contribution in [0.1, 0.15) is 24.5 Å². The fourth-order valence-corrected chi connectivity index (χ4v) is 1.92. The first-order chi connectivity index (χ1) is 6.77. The van der Waals surface area contributed by atoms with Crippen molar-refractivity contribution in [2.24, 2.45) is 5.73 Å². The van der Waals surface area contributed by atoms with Gasteiger partial charge in [0.25, 0.3) is 0 Å². The topological polar surface area (TPSA) is 68.3 Å². The number of amides is 1. The van der Waals surface area contributed by atoms with Gasteiger partial charge in [-0.2, -0.15) is 0 Å². The number of carbonyl (C=O) groups excluding carboxylic acids is 1. The Kier molecular flexibility index (Phi) is 2.54. The van der Waals surface area contributed by atoms with E-state index in [1.165, 1.54) is 0 Å². The molecule has 4 nitrogen and oxygen atoms in total.